The third-order valence-electron chi connectivity index (χ3n) is 3.00. The predicted octanol–water partition coefficient (Wildman–Crippen LogP) is 2.03. The monoisotopic (exact) mass is 302 g/mol. The van der Waals surface area contributed by atoms with Crippen molar-refractivity contribution in [2.75, 3.05) is 25.4 Å². The molecule has 20 heavy (non-hydrogen) atoms. The number of anilines is 1. The minimum atomic E-state index is -1.08. The van der Waals surface area contributed by atoms with Gasteiger partial charge in [-0.2, -0.15) is 0 Å². The third-order valence-corrected chi connectivity index (χ3v) is 3.33. The van der Waals surface area contributed by atoms with E-state index in [1.165, 1.54) is 4.90 Å². The lowest BCUT2D eigenvalue weighted by molar-refractivity contribution is -0.131. The Bertz CT molecular complexity index is 457. The lowest BCUT2D eigenvalue weighted by Crippen LogP contribution is -2.39. The van der Waals surface area contributed by atoms with Crippen LogP contribution < -0.4 is 5.73 Å². The van der Waals surface area contributed by atoms with Gasteiger partial charge in [-0.15, -0.1) is 0 Å². The van der Waals surface area contributed by atoms with Gasteiger partial charge in [0.25, 0.3) is 0 Å². The maximum atomic E-state index is 13.4. The molecule has 0 radical (unpaired) electrons. The molecule has 0 aliphatic carbocycles. The Morgan fingerprint density at radius 3 is 2.80 bits per heavy atom. The molecule has 1 aromatic carbocycles. The average molecular weight is 303 g/mol. The van der Waals surface area contributed by atoms with Crippen molar-refractivity contribution in [2.45, 2.75) is 25.9 Å². The molecular weight excluding hydrogens is 283 g/mol. The largest absolute Gasteiger partial charge is 0.398 e. The van der Waals surface area contributed by atoms with Gasteiger partial charge in [0.2, 0.25) is 5.91 Å². The van der Waals surface area contributed by atoms with Crippen molar-refractivity contribution in [1.82, 2.24) is 4.90 Å². The van der Waals surface area contributed by atoms with E-state index < -0.39 is 6.17 Å². The molecule has 1 rings (SSSR count). The molecule has 1 amide bonds. The van der Waals surface area contributed by atoms with E-state index in [9.17, 15) is 9.18 Å². The highest BCUT2D eigenvalue weighted by molar-refractivity contribution is 6.33. The Morgan fingerprint density at radius 1 is 1.55 bits per heavy atom. The quantitative estimate of drug-likeness (QED) is 0.757. The van der Waals surface area contributed by atoms with E-state index in [1.807, 2.05) is 0 Å². The molecule has 0 bridgehead atoms. The van der Waals surface area contributed by atoms with Gasteiger partial charge in [-0.1, -0.05) is 24.6 Å². The van der Waals surface area contributed by atoms with Crippen LogP contribution in [0.1, 0.15) is 18.9 Å². The van der Waals surface area contributed by atoms with Gasteiger partial charge in [-0.3, -0.25) is 4.79 Å². The molecule has 0 fully saturated rings. The van der Waals surface area contributed by atoms with Crippen LogP contribution in [0.15, 0.2) is 18.2 Å². The van der Waals surface area contributed by atoms with Crippen LogP contribution in [0.3, 0.4) is 0 Å². The predicted molar refractivity (Wildman–Crippen MR) is 78.4 cm³/mol. The first kappa shape index (κ1) is 16.7. The molecule has 0 spiro atoms. The zero-order valence-corrected chi connectivity index (χ0v) is 12.2. The number of nitrogens with zero attached hydrogens (tertiary/aromatic N) is 1. The molecule has 1 unspecified atom stereocenters. The molecule has 3 N–H and O–H groups in total. The van der Waals surface area contributed by atoms with Crippen molar-refractivity contribution in [2.24, 2.45) is 0 Å². The van der Waals surface area contributed by atoms with Gasteiger partial charge in [0, 0.05) is 6.54 Å². The van der Waals surface area contributed by atoms with E-state index in [0.29, 0.717) is 22.7 Å². The Hall–Kier alpha value is -1.33. The van der Waals surface area contributed by atoms with Crippen LogP contribution in [0.2, 0.25) is 5.02 Å². The van der Waals surface area contributed by atoms with Gasteiger partial charge in [0.1, 0.15) is 6.17 Å². The molecular formula is C14H20ClFN2O2. The number of aliphatic hydroxyl groups excluding tert-OH is 1. The summed E-state index contributed by atoms with van der Waals surface area (Å²) >= 11 is 5.89. The number of halogens is 2. The molecule has 0 heterocycles. The van der Waals surface area contributed by atoms with Gasteiger partial charge in [-0.25, -0.2) is 4.39 Å². The standard InChI is InChI=1S/C14H20ClFN2O2/c1-2-11(16)9-18(5-6-19)14(20)8-10-3-4-13(17)12(15)7-10/h3-4,7,11,19H,2,5-6,8-9,17H2,1H3. The lowest BCUT2D eigenvalue weighted by Gasteiger charge is -2.23. The molecule has 1 atom stereocenters. The number of alkyl halides is 1. The Morgan fingerprint density at radius 2 is 2.25 bits per heavy atom. The van der Waals surface area contributed by atoms with Crippen molar-refractivity contribution >= 4 is 23.2 Å². The number of amides is 1. The van der Waals surface area contributed by atoms with Crippen LogP contribution in [0.4, 0.5) is 10.1 Å². The summed E-state index contributed by atoms with van der Waals surface area (Å²) in [6, 6.07) is 4.97. The highest BCUT2D eigenvalue weighted by Gasteiger charge is 2.17. The number of hydrogen-bond donors (Lipinski definition) is 2. The van der Waals surface area contributed by atoms with E-state index in [1.54, 1.807) is 25.1 Å². The summed E-state index contributed by atoms with van der Waals surface area (Å²) in [5.41, 5.74) is 6.76. The number of aliphatic hydroxyl groups is 1. The fraction of sp³-hybridized carbons (Fsp3) is 0.500. The van der Waals surface area contributed by atoms with E-state index in [0.717, 1.165) is 0 Å². The highest BCUT2D eigenvalue weighted by atomic mass is 35.5. The Balaban J connectivity index is 2.71. The van der Waals surface area contributed by atoms with Crippen molar-refractivity contribution in [3.63, 3.8) is 0 Å². The number of nitrogen functional groups attached to an aromatic ring is 1. The summed E-state index contributed by atoms with van der Waals surface area (Å²) in [5, 5.41) is 9.35. The van der Waals surface area contributed by atoms with Crippen LogP contribution in [0, 0.1) is 0 Å². The molecule has 1 aromatic rings. The fourth-order valence-electron chi connectivity index (χ4n) is 1.77. The Kier molecular flexibility index (Phi) is 6.75. The van der Waals surface area contributed by atoms with Crippen molar-refractivity contribution < 1.29 is 14.3 Å². The van der Waals surface area contributed by atoms with Crippen LogP contribution >= 0.6 is 11.6 Å². The number of rotatable bonds is 7. The molecule has 0 aliphatic rings. The second kappa shape index (κ2) is 8.07. The molecule has 0 aliphatic heterocycles. The van der Waals surface area contributed by atoms with Crippen LogP contribution in [-0.4, -0.2) is 41.8 Å². The van der Waals surface area contributed by atoms with Gasteiger partial charge in [0.15, 0.2) is 0 Å². The lowest BCUT2D eigenvalue weighted by atomic mass is 10.1. The van der Waals surface area contributed by atoms with E-state index >= 15 is 0 Å². The van der Waals surface area contributed by atoms with Crippen LogP contribution in [0.25, 0.3) is 0 Å². The first-order valence-corrected chi connectivity index (χ1v) is 6.92. The maximum Gasteiger partial charge on any atom is 0.227 e. The molecule has 112 valence electrons. The second-order valence-electron chi connectivity index (χ2n) is 4.60. The number of hydrogen-bond acceptors (Lipinski definition) is 3. The number of carbonyl (C=O) groups excluding carboxylic acids is 1. The van der Waals surface area contributed by atoms with Crippen LogP contribution in [0.5, 0.6) is 0 Å². The third kappa shape index (κ3) is 4.98. The van der Waals surface area contributed by atoms with Gasteiger partial charge in [-0.05, 0) is 24.1 Å². The number of benzene rings is 1. The van der Waals surface area contributed by atoms with Crippen molar-refractivity contribution in [1.29, 1.82) is 0 Å². The summed E-state index contributed by atoms with van der Waals surface area (Å²) in [7, 11) is 0. The zero-order chi connectivity index (χ0) is 15.1. The molecule has 6 heteroatoms. The minimum absolute atomic E-state index is 0.00139. The summed E-state index contributed by atoms with van der Waals surface area (Å²) < 4.78 is 13.4. The van der Waals surface area contributed by atoms with Gasteiger partial charge >= 0.3 is 0 Å². The Labute approximate surface area is 123 Å². The van der Waals surface area contributed by atoms with Crippen LogP contribution in [-0.2, 0) is 11.2 Å². The topological polar surface area (TPSA) is 66.6 Å². The second-order valence-corrected chi connectivity index (χ2v) is 5.01. The number of nitrogens with two attached hydrogens (primary N) is 1. The minimum Gasteiger partial charge on any atom is -0.398 e. The van der Waals surface area contributed by atoms with E-state index in [-0.39, 0.29) is 32.0 Å². The number of carbonyl (C=O) groups is 1. The van der Waals surface area contributed by atoms with Crippen molar-refractivity contribution in [3.8, 4) is 0 Å². The normalized spacial score (nSPS) is 12.2. The molecule has 0 saturated heterocycles. The van der Waals surface area contributed by atoms with Gasteiger partial charge in [0.05, 0.1) is 30.3 Å². The summed E-state index contributed by atoms with van der Waals surface area (Å²) in [6.07, 6.45) is -0.639. The first-order chi connectivity index (χ1) is 9.47. The highest BCUT2D eigenvalue weighted by Crippen LogP contribution is 2.20. The summed E-state index contributed by atoms with van der Waals surface area (Å²) in [5.74, 6) is -0.240. The summed E-state index contributed by atoms with van der Waals surface area (Å²) in [6.45, 7) is 1.65. The smallest absolute Gasteiger partial charge is 0.227 e. The fourth-order valence-corrected chi connectivity index (χ4v) is 1.98. The zero-order valence-electron chi connectivity index (χ0n) is 11.5. The summed E-state index contributed by atoms with van der Waals surface area (Å²) in [4.78, 5) is 13.5. The van der Waals surface area contributed by atoms with E-state index in [4.69, 9.17) is 22.4 Å². The van der Waals surface area contributed by atoms with E-state index in [2.05, 4.69) is 0 Å². The first-order valence-electron chi connectivity index (χ1n) is 6.54. The molecule has 0 saturated carbocycles. The molecule has 0 aromatic heterocycles. The van der Waals surface area contributed by atoms with Crippen molar-refractivity contribution in [3.05, 3.63) is 28.8 Å². The van der Waals surface area contributed by atoms with Gasteiger partial charge < -0.3 is 15.7 Å². The molecule has 4 nitrogen and oxygen atoms in total. The SMILES string of the molecule is CCC(F)CN(CCO)C(=O)Cc1ccc(N)c(Cl)c1. The maximum absolute atomic E-state index is 13.4. The average Bonchev–Trinajstić information content (AvgIpc) is 2.42.